The summed E-state index contributed by atoms with van der Waals surface area (Å²) in [7, 11) is 0. The highest BCUT2D eigenvalue weighted by molar-refractivity contribution is 6.30. The molecular formula is C18H13ClO3. The number of carbonyl (C=O) groups is 1. The minimum atomic E-state index is -0.355. The summed E-state index contributed by atoms with van der Waals surface area (Å²) in [5.41, 5.74) is 1.60. The molecule has 0 aliphatic rings. The first kappa shape index (κ1) is 14.5. The summed E-state index contributed by atoms with van der Waals surface area (Å²) in [6, 6.07) is 11.8. The van der Waals surface area contributed by atoms with Gasteiger partial charge in [0.1, 0.15) is 16.9 Å². The zero-order valence-corrected chi connectivity index (χ0v) is 12.9. The molecular weight excluding hydrogens is 300 g/mol. The van der Waals surface area contributed by atoms with Gasteiger partial charge < -0.3 is 4.42 Å². The highest BCUT2D eigenvalue weighted by Gasteiger charge is 2.20. The summed E-state index contributed by atoms with van der Waals surface area (Å²) < 4.78 is 5.65. The second-order valence-corrected chi connectivity index (χ2v) is 5.63. The van der Waals surface area contributed by atoms with E-state index in [4.69, 9.17) is 16.0 Å². The van der Waals surface area contributed by atoms with Crippen molar-refractivity contribution in [3.63, 3.8) is 0 Å². The van der Waals surface area contributed by atoms with E-state index in [2.05, 4.69) is 0 Å². The number of fused-ring (bicyclic) bond motifs is 1. The molecule has 4 heteroatoms. The molecule has 0 fully saturated rings. The van der Waals surface area contributed by atoms with Gasteiger partial charge in [-0.2, -0.15) is 0 Å². The van der Waals surface area contributed by atoms with Crippen molar-refractivity contribution in [3.8, 4) is 0 Å². The highest BCUT2D eigenvalue weighted by Crippen LogP contribution is 2.19. The van der Waals surface area contributed by atoms with Crippen molar-refractivity contribution in [2.24, 2.45) is 0 Å². The molecule has 0 N–H and O–H groups in total. The van der Waals surface area contributed by atoms with Gasteiger partial charge in [-0.3, -0.25) is 9.59 Å². The average Bonchev–Trinajstić information content (AvgIpc) is 2.49. The van der Waals surface area contributed by atoms with Crippen LogP contribution in [0, 0.1) is 13.8 Å². The minimum absolute atomic E-state index is 0.0698. The molecule has 0 bridgehead atoms. The lowest BCUT2D eigenvalue weighted by molar-refractivity contribution is 0.103. The van der Waals surface area contributed by atoms with Crippen molar-refractivity contribution in [2.75, 3.05) is 0 Å². The normalized spacial score (nSPS) is 10.9. The molecule has 0 amide bonds. The number of carbonyl (C=O) groups excluding carboxylic acids is 1. The predicted octanol–water partition coefficient (Wildman–Crippen LogP) is 4.29. The third kappa shape index (κ3) is 2.44. The number of hydrogen-bond donors (Lipinski definition) is 0. The van der Waals surface area contributed by atoms with E-state index in [1.165, 1.54) is 0 Å². The fourth-order valence-corrected chi connectivity index (χ4v) is 2.56. The van der Waals surface area contributed by atoms with E-state index < -0.39 is 0 Å². The summed E-state index contributed by atoms with van der Waals surface area (Å²) in [5.74, 6) is -0.0346. The Balaban J connectivity index is 2.24. The fraction of sp³-hybridized carbons (Fsp3) is 0.111. The van der Waals surface area contributed by atoms with Crippen LogP contribution in [0.4, 0.5) is 0 Å². The maximum Gasteiger partial charge on any atom is 0.204 e. The molecule has 3 rings (SSSR count). The zero-order valence-electron chi connectivity index (χ0n) is 12.1. The van der Waals surface area contributed by atoms with Crippen LogP contribution in [0.5, 0.6) is 0 Å². The molecule has 0 spiro atoms. The molecule has 22 heavy (non-hydrogen) atoms. The summed E-state index contributed by atoms with van der Waals surface area (Å²) >= 11 is 5.83. The van der Waals surface area contributed by atoms with Crippen molar-refractivity contribution in [2.45, 2.75) is 13.8 Å². The van der Waals surface area contributed by atoms with Crippen molar-refractivity contribution in [1.29, 1.82) is 0 Å². The van der Waals surface area contributed by atoms with Crippen LogP contribution in [-0.2, 0) is 0 Å². The van der Waals surface area contributed by atoms with E-state index in [9.17, 15) is 9.59 Å². The number of aryl methyl sites for hydroxylation is 2. The van der Waals surface area contributed by atoms with Gasteiger partial charge in [0.05, 0.1) is 5.39 Å². The monoisotopic (exact) mass is 312 g/mol. The molecule has 3 aromatic rings. The molecule has 0 unspecified atom stereocenters. The van der Waals surface area contributed by atoms with Gasteiger partial charge in [-0.15, -0.1) is 0 Å². The summed E-state index contributed by atoms with van der Waals surface area (Å²) in [6.45, 7) is 3.52. The minimum Gasteiger partial charge on any atom is -0.460 e. The Bertz CT molecular complexity index is 937. The van der Waals surface area contributed by atoms with Crippen LogP contribution in [0.1, 0.15) is 27.2 Å². The van der Waals surface area contributed by atoms with Crippen molar-refractivity contribution in [1.82, 2.24) is 0 Å². The van der Waals surface area contributed by atoms with Crippen molar-refractivity contribution < 1.29 is 9.21 Å². The lowest BCUT2D eigenvalue weighted by Crippen LogP contribution is -2.18. The maximum absolute atomic E-state index is 12.7. The molecule has 0 aliphatic carbocycles. The van der Waals surface area contributed by atoms with E-state index in [-0.39, 0.29) is 16.8 Å². The molecule has 0 saturated carbocycles. The van der Waals surface area contributed by atoms with E-state index in [1.807, 2.05) is 13.0 Å². The highest BCUT2D eigenvalue weighted by atomic mass is 35.5. The van der Waals surface area contributed by atoms with Crippen LogP contribution in [0.25, 0.3) is 11.0 Å². The van der Waals surface area contributed by atoms with Crippen LogP contribution < -0.4 is 5.43 Å². The number of halogens is 1. The van der Waals surface area contributed by atoms with Gasteiger partial charge >= 0.3 is 0 Å². The van der Waals surface area contributed by atoms with E-state index in [1.54, 1.807) is 43.3 Å². The largest absolute Gasteiger partial charge is 0.460 e. The molecule has 1 heterocycles. The second kappa shape index (κ2) is 5.43. The summed E-state index contributed by atoms with van der Waals surface area (Å²) in [5, 5.41) is 0.956. The number of hydrogen-bond acceptors (Lipinski definition) is 3. The topological polar surface area (TPSA) is 47.3 Å². The van der Waals surface area contributed by atoms with E-state index in [0.29, 0.717) is 27.3 Å². The number of rotatable bonds is 2. The maximum atomic E-state index is 12.7. The van der Waals surface area contributed by atoms with Gasteiger partial charge in [-0.1, -0.05) is 23.2 Å². The Kier molecular flexibility index (Phi) is 3.59. The quantitative estimate of drug-likeness (QED) is 0.663. The lowest BCUT2D eigenvalue weighted by Gasteiger charge is -2.07. The lowest BCUT2D eigenvalue weighted by atomic mass is 10.0. The van der Waals surface area contributed by atoms with Crippen LogP contribution in [0.2, 0.25) is 5.02 Å². The molecule has 110 valence electrons. The Morgan fingerprint density at radius 3 is 2.41 bits per heavy atom. The first-order valence-corrected chi connectivity index (χ1v) is 7.19. The van der Waals surface area contributed by atoms with Gasteiger partial charge in [0.15, 0.2) is 5.78 Å². The summed E-state index contributed by atoms with van der Waals surface area (Å²) in [6.07, 6.45) is 0. The number of benzene rings is 2. The van der Waals surface area contributed by atoms with Crippen LogP contribution in [0.15, 0.2) is 51.7 Å². The summed E-state index contributed by atoms with van der Waals surface area (Å²) in [4.78, 5) is 25.3. The van der Waals surface area contributed by atoms with Crippen molar-refractivity contribution >= 4 is 28.4 Å². The SMILES string of the molecule is Cc1ccc2oc(C)c(C(=O)c3ccc(Cl)cc3)c(=O)c2c1. The number of ketones is 1. The third-order valence-corrected chi connectivity index (χ3v) is 3.81. The van der Waals surface area contributed by atoms with E-state index in [0.717, 1.165) is 5.56 Å². The first-order chi connectivity index (χ1) is 10.5. The van der Waals surface area contributed by atoms with Crippen LogP contribution in [0.3, 0.4) is 0 Å². The molecule has 0 aliphatic heterocycles. The standard InChI is InChI=1S/C18H13ClO3/c1-10-3-8-15-14(9-10)18(21)16(11(2)22-15)17(20)12-4-6-13(19)7-5-12/h3-9H,1-2H3. The van der Waals surface area contributed by atoms with Gasteiger partial charge in [-0.25, -0.2) is 0 Å². The van der Waals surface area contributed by atoms with Gasteiger partial charge in [-0.05, 0) is 50.2 Å². The second-order valence-electron chi connectivity index (χ2n) is 5.20. The molecule has 0 radical (unpaired) electrons. The van der Waals surface area contributed by atoms with Gasteiger partial charge in [0, 0.05) is 10.6 Å². The van der Waals surface area contributed by atoms with Gasteiger partial charge in [0.2, 0.25) is 5.43 Å². The Labute approximate surface area is 132 Å². The van der Waals surface area contributed by atoms with Crippen LogP contribution >= 0.6 is 11.6 Å². The average molecular weight is 313 g/mol. The fourth-order valence-electron chi connectivity index (χ4n) is 2.43. The Morgan fingerprint density at radius 1 is 1.05 bits per heavy atom. The zero-order chi connectivity index (χ0) is 15.9. The first-order valence-electron chi connectivity index (χ1n) is 6.81. The van der Waals surface area contributed by atoms with Crippen molar-refractivity contribution in [3.05, 3.63) is 80.2 Å². The Morgan fingerprint density at radius 2 is 1.73 bits per heavy atom. The smallest absolute Gasteiger partial charge is 0.204 e. The third-order valence-electron chi connectivity index (χ3n) is 3.56. The molecule has 2 aromatic carbocycles. The molecule has 3 nitrogen and oxygen atoms in total. The predicted molar refractivity (Wildman–Crippen MR) is 86.8 cm³/mol. The Hall–Kier alpha value is -2.39. The van der Waals surface area contributed by atoms with Crippen LogP contribution in [-0.4, -0.2) is 5.78 Å². The molecule has 0 atom stereocenters. The van der Waals surface area contributed by atoms with Gasteiger partial charge in [0.25, 0.3) is 0 Å². The van der Waals surface area contributed by atoms with E-state index >= 15 is 0 Å². The molecule has 0 saturated heterocycles. The molecule has 1 aromatic heterocycles.